The van der Waals surface area contributed by atoms with E-state index in [9.17, 15) is 8.42 Å². The summed E-state index contributed by atoms with van der Waals surface area (Å²) in [4.78, 5) is 0.623. The summed E-state index contributed by atoms with van der Waals surface area (Å²) in [5.74, 6) is 0. The maximum atomic E-state index is 13.0. The van der Waals surface area contributed by atoms with Gasteiger partial charge in [-0.05, 0) is 31.5 Å². The highest BCUT2D eigenvalue weighted by molar-refractivity contribution is 7.95. The van der Waals surface area contributed by atoms with E-state index in [1.54, 1.807) is 18.3 Å². The summed E-state index contributed by atoms with van der Waals surface area (Å²) >= 11 is 0. The number of hydrogen-bond donors (Lipinski definition) is 1. The molecule has 2 aromatic carbocycles. The van der Waals surface area contributed by atoms with Crippen molar-refractivity contribution < 1.29 is 8.42 Å². The smallest absolute Gasteiger partial charge is 0.208 e. The van der Waals surface area contributed by atoms with Gasteiger partial charge in [-0.15, -0.1) is 0 Å². The van der Waals surface area contributed by atoms with Gasteiger partial charge in [0.25, 0.3) is 0 Å². The number of hydrogen-bond acceptors (Lipinski definition) is 3. The van der Waals surface area contributed by atoms with Gasteiger partial charge in [0.15, 0.2) is 0 Å². The van der Waals surface area contributed by atoms with Crippen LogP contribution < -0.4 is 5.32 Å². The van der Waals surface area contributed by atoms with E-state index in [0.29, 0.717) is 9.80 Å². The molecule has 0 bridgehead atoms. The molecule has 0 saturated heterocycles. The lowest BCUT2D eigenvalue weighted by Crippen LogP contribution is -2.25. The number of rotatable bonds is 3. The highest BCUT2D eigenvalue weighted by atomic mass is 32.2. The highest BCUT2D eigenvalue weighted by Crippen LogP contribution is 2.33. The number of sulfone groups is 1. The average molecular weight is 325 g/mol. The molecule has 1 aliphatic rings. The van der Waals surface area contributed by atoms with Gasteiger partial charge in [0, 0.05) is 17.8 Å². The largest absolute Gasteiger partial charge is 0.384 e. The zero-order valence-corrected chi connectivity index (χ0v) is 14.0. The van der Waals surface area contributed by atoms with Crippen LogP contribution in [0.3, 0.4) is 0 Å². The van der Waals surface area contributed by atoms with Crippen molar-refractivity contribution in [2.75, 3.05) is 0 Å². The van der Waals surface area contributed by atoms with Gasteiger partial charge < -0.3 is 5.32 Å². The molecule has 0 aliphatic carbocycles. The van der Waals surface area contributed by atoms with Crippen molar-refractivity contribution in [3.63, 3.8) is 0 Å². The van der Waals surface area contributed by atoms with Crippen molar-refractivity contribution in [1.29, 1.82) is 0 Å². The molecule has 0 spiro atoms. The van der Waals surface area contributed by atoms with Crippen molar-refractivity contribution in [3.8, 4) is 0 Å². The normalized spacial score (nSPS) is 17.9. The Morgan fingerprint density at radius 3 is 2.26 bits per heavy atom. The first-order chi connectivity index (χ1) is 11.0. The third-order valence-electron chi connectivity index (χ3n) is 3.87. The van der Waals surface area contributed by atoms with Gasteiger partial charge in [-0.25, -0.2) is 8.42 Å². The van der Waals surface area contributed by atoms with E-state index >= 15 is 0 Å². The molecule has 1 N–H and O–H groups in total. The number of allylic oxidation sites excluding steroid dienone is 1. The Labute approximate surface area is 137 Å². The highest BCUT2D eigenvalue weighted by Gasteiger charge is 2.27. The summed E-state index contributed by atoms with van der Waals surface area (Å²) in [6.07, 6.45) is 3.57. The predicted octanol–water partition coefficient (Wildman–Crippen LogP) is 3.69. The van der Waals surface area contributed by atoms with Crippen LogP contribution in [0.15, 0.2) is 76.7 Å². The van der Waals surface area contributed by atoms with Gasteiger partial charge in [0.1, 0.15) is 0 Å². The van der Waals surface area contributed by atoms with E-state index in [1.807, 2.05) is 62.4 Å². The second-order valence-corrected chi connectivity index (χ2v) is 7.64. The van der Waals surface area contributed by atoms with E-state index in [2.05, 4.69) is 5.32 Å². The summed E-state index contributed by atoms with van der Waals surface area (Å²) in [6.45, 7) is 3.93. The van der Waals surface area contributed by atoms with Gasteiger partial charge >= 0.3 is 0 Å². The van der Waals surface area contributed by atoms with Crippen LogP contribution in [0.5, 0.6) is 0 Å². The standard InChI is InChI=1S/C19H19NO2S/c1-14-8-10-17(11-9-14)23(21,22)19-13-20-15(2)12-18(19)16-6-4-3-5-7-16/h3-13,15,20H,1-2H3. The summed E-state index contributed by atoms with van der Waals surface area (Å²) in [5, 5.41) is 3.10. The van der Waals surface area contributed by atoms with Crippen LogP contribution in [0.4, 0.5) is 0 Å². The maximum absolute atomic E-state index is 13.0. The summed E-state index contributed by atoms with van der Waals surface area (Å²) in [6, 6.07) is 16.7. The third kappa shape index (κ3) is 3.08. The van der Waals surface area contributed by atoms with Crippen LogP contribution in [0.1, 0.15) is 18.1 Å². The quantitative estimate of drug-likeness (QED) is 0.936. The molecule has 0 fully saturated rings. The lowest BCUT2D eigenvalue weighted by atomic mass is 10.0. The number of nitrogens with one attached hydrogen (secondary N) is 1. The number of benzene rings is 2. The molecule has 2 aromatic rings. The number of aryl methyl sites for hydroxylation is 1. The predicted molar refractivity (Wildman–Crippen MR) is 93.5 cm³/mol. The molecule has 118 valence electrons. The Kier molecular flexibility index (Phi) is 4.09. The molecule has 3 rings (SSSR count). The molecule has 1 unspecified atom stereocenters. The molecular formula is C19H19NO2S. The molecule has 0 radical (unpaired) electrons. The second kappa shape index (κ2) is 6.05. The van der Waals surface area contributed by atoms with Crippen LogP contribution in [0.25, 0.3) is 5.57 Å². The van der Waals surface area contributed by atoms with Gasteiger partial charge in [-0.3, -0.25) is 0 Å². The van der Waals surface area contributed by atoms with Crippen molar-refractivity contribution in [2.24, 2.45) is 0 Å². The monoisotopic (exact) mass is 325 g/mol. The Morgan fingerprint density at radius 1 is 0.957 bits per heavy atom. The molecule has 1 heterocycles. The van der Waals surface area contributed by atoms with Crippen molar-refractivity contribution in [2.45, 2.75) is 24.8 Å². The lowest BCUT2D eigenvalue weighted by Gasteiger charge is -2.21. The van der Waals surface area contributed by atoms with E-state index in [0.717, 1.165) is 16.7 Å². The minimum Gasteiger partial charge on any atom is -0.384 e. The minimum atomic E-state index is -3.57. The van der Waals surface area contributed by atoms with Gasteiger partial charge in [-0.2, -0.15) is 0 Å². The fraction of sp³-hybridized carbons (Fsp3) is 0.158. The Bertz CT molecular complexity index is 863. The molecule has 1 aliphatic heterocycles. The average Bonchev–Trinajstić information content (AvgIpc) is 2.56. The first kappa shape index (κ1) is 15.6. The molecule has 0 aromatic heterocycles. The molecule has 4 heteroatoms. The van der Waals surface area contributed by atoms with Crippen molar-refractivity contribution >= 4 is 15.4 Å². The fourth-order valence-corrected chi connectivity index (χ4v) is 4.03. The van der Waals surface area contributed by atoms with Gasteiger partial charge in [-0.1, -0.05) is 54.1 Å². The second-order valence-electron chi connectivity index (χ2n) is 5.73. The van der Waals surface area contributed by atoms with Crippen molar-refractivity contribution in [3.05, 3.63) is 82.9 Å². The van der Waals surface area contributed by atoms with Gasteiger partial charge in [0.05, 0.1) is 9.80 Å². The minimum absolute atomic E-state index is 0.0853. The van der Waals surface area contributed by atoms with E-state index in [4.69, 9.17) is 0 Å². The maximum Gasteiger partial charge on any atom is 0.208 e. The Hall–Kier alpha value is -2.33. The van der Waals surface area contributed by atoms with E-state index < -0.39 is 9.84 Å². The lowest BCUT2D eigenvalue weighted by molar-refractivity contribution is 0.602. The van der Waals surface area contributed by atoms with Crippen LogP contribution >= 0.6 is 0 Å². The molecule has 1 atom stereocenters. The summed E-state index contributed by atoms with van der Waals surface area (Å²) < 4.78 is 26.1. The Morgan fingerprint density at radius 2 is 1.61 bits per heavy atom. The number of dihydropyridines is 1. The molecule has 0 saturated carbocycles. The summed E-state index contributed by atoms with van der Waals surface area (Å²) in [7, 11) is -3.57. The zero-order chi connectivity index (χ0) is 16.4. The van der Waals surface area contributed by atoms with E-state index in [-0.39, 0.29) is 6.04 Å². The topological polar surface area (TPSA) is 46.2 Å². The first-order valence-corrected chi connectivity index (χ1v) is 9.02. The Balaban J connectivity index is 2.10. The van der Waals surface area contributed by atoms with Crippen LogP contribution in [-0.4, -0.2) is 14.5 Å². The molecule has 23 heavy (non-hydrogen) atoms. The van der Waals surface area contributed by atoms with Crippen LogP contribution in [0.2, 0.25) is 0 Å². The molecule has 3 nitrogen and oxygen atoms in total. The fourth-order valence-electron chi connectivity index (χ4n) is 2.59. The van der Waals surface area contributed by atoms with Crippen LogP contribution in [0, 0.1) is 6.92 Å². The van der Waals surface area contributed by atoms with Gasteiger partial charge in [0.2, 0.25) is 9.84 Å². The SMILES string of the molecule is Cc1ccc(S(=O)(=O)C2=CNC(C)C=C2c2ccccc2)cc1. The first-order valence-electron chi connectivity index (χ1n) is 7.54. The third-order valence-corrected chi connectivity index (χ3v) is 5.67. The molecule has 0 amide bonds. The summed E-state index contributed by atoms with van der Waals surface area (Å²) in [5.41, 5.74) is 2.69. The molecular weight excluding hydrogens is 306 g/mol. The van der Waals surface area contributed by atoms with Crippen LogP contribution in [-0.2, 0) is 9.84 Å². The van der Waals surface area contributed by atoms with E-state index in [1.165, 1.54) is 0 Å². The van der Waals surface area contributed by atoms with Crippen molar-refractivity contribution in [1.82, 2.24) is 5.32 Å². The zero-order valence-electron chi connectivity index (χ0n) is 13.2.